The lowest BCUT2D eigenvalue weighted by molar-refractivity contribution is 0.0341. The van der Waals surface area contributed by atoms with Crippen molar-refractivity contribution in [1.82, 2.24) is 15.1 Å². The van der Waals surface area contributed by atoms with E-state index in [4.69, 9.17) is 14.2 Å². The van der Waals surface area contributed by atoms with Crippen LogP contribution in [0.1, 0.15) is 16.7 Å². The molecule has 1 fully saturated rings. The Bertz CT molecular complexity index is 872. The van der Waals surface area contributed by atoms with Gasteiger partial charge >= 0.3 is 0 Å². The summed E-state index contributed by atoms with van der Waals surface area (Å²) >= 11 is 0. The van der Waals surface area contributed by atoms with Gasteiger partial charge in [-0.05, 0) is 23.3 Å². The molecule has 0 radical (unpaired) electrons. The molecule has 1 saturated heterocycles. The maximum Gasteiger partial charge on any atom is 0.193 e. The fourth-order valence-corrected chi connectivity index (χ4v) is 3.76. The quantitative estimate of drug-likeness (QED) is 0.307. The van der Waals surface area contributed by atoms with Gasteiger partial charge in [-0.3, -0.25) is 9.89 Å². The lowest BCUT2D eigenvalue weighted by Crippen LogP contribution is -2.38. The second-order valence-electron chi connectivity index (χ2n) is 7.59. The van der Waals surface area contributed by atoms with Gasteiger partial charge in [0.15, 0.2) is 5.96 Å². The number of aliphatic imine (C=N–C) groups is 1. The number of rotatable bonds is 8. The molecule has 0 bridgehead atoms. The fourth-order valence-electron chi connectivity index (χ4n) is 3.76. The van der Waals surface area contributed by atoms with E-state index < -0.39 is 0 Å². The SMILES string of the molecule is CN=C(NCc1ccccc1CN1CCOCC1)N(C)Cc1ccc(OC)cc1OC.I. The third-order valence-electron chi connectivity index (χ3n) is 5.53. The van der Waals surface area contributed by atoms with E-state index in [1.54, 1.807) is 14.2 Å². The lowest BCUT2D eigenvalue weighted by atomic mass is 10.1. The maximum atomic E-state index is 5.54. The first-order chi connectivity index (χ1) is 15.1. The Morgan fingerprint density at radius 1 is 1.06 bits per heavy atom. The average molecular weight is 554 g/mol. The summed E-state index contributed by atoms with van der Waals surface area (Å²) in [5.74, 6) is 2.42. The number of methoxy groups -OCH3 is 2. The number of hydrogen-bond donors (Lipinski definition) is 1. The summed E-state index contributed by atoms with van der Waals surface area (Å²) in [7, 11) is 7.17. The Hall–Kier alpha value is -2.04. The molecule has 0 spiro atoms. The predicted octanol–water partition coefficient (Wildman–Crippen LogP) is 3.36. The third-order valence-corrected chi connectivity index (χ3v) is 5.53. The summed E-state index contributed by atoms with van der Waals surface area (Å²) in [5.41, 5.74) is 3.69. The summed E-state index contributed by atoms with van der Waals surface area (Å²) in [6, 6.07) is 14.5. The molecule has 0 aliphatic carbocycles. The van der Waals surface area contributed by atoms with Crippen LogP contribution in [0.2, 0.25) is 0 Å². The monoisotopic (exact) mass is 554 g/mol. The average Bonchev–Trinajstić information content (AvgIpc) is 2.81. The molecular weight excluding hydrogens is 519 g/mol. The maximum absolute atomic E-state index is 5.54. The van der Waals surface area contributed by atoms with Gasteiger partial charge in [0.25, 0.3) is 0 Å². The first kappa shape index (κ1) is 26.2. The number of halogens is 1. The molecule has 2 aromatic carbocycles. The molecule has 0 unspecified atom stereocenters. The van der Waals surface area contributed by atoms with Crippen molar-refractivity contribution < 1.29 is 14.2 Å². The molecule has 0 saturated carbocycles. The van der Waals surface area contributed by atoms with Gasteiger partial charge in [0.05, 0.1) is 27.4 Å². The highest BCUT2D eigenvalue weighted by Crippen LogP contribution is 2.25. The van der Waals surface area contributed by atoms with Crippen molar-refractivity contribution in [3.8, 4) is 11.5 Å². The first-order valence-corrected chi connectivity index (χ1v) is 10.6. The number of hydrogen-bond acceptors (Lipinski definition) is 5. The van der Waals surface area contributed by atoms with E-state index in [-0.39, 0.29) is 24.0 Å². The van der Waals surface area contributed by atoms with Gasteiger partial charge in [0, 0.05) is 58.4 Å². The van der Waals surface area contributed by atoms with E-state index in [9.17, 15) is 0 Å². The van der Waals surface area contributed by atoms with Crippen molar-refractivity contribution in [2.24, 2.45) is 4.99 Å². The smallest absolute Gasteiger partial charge is 0.193 e. The van der Waals surface area contributed by atoms with E-state index in [1.807, 2.05) is 32.3 Å². The molecule has 176 valence electrons. The van der Waals surface area contributed by atoms with Crippen LogP contribution in [-0.4, -0.2) is 70.4 Å². The van der Waals surface area contributed by atoms with E-state index >= 15 is 0 Å². The molecule has 7 nitrogen and oxygen atoms in total. The first-order valence-electron chi connectivity index (χ1n) is 10.6. The van der Waals surface area contributed by atoms with E-state index in [1.165, 1.54) is 11.1 Å². The molecule has 0 amide bonds. The van der Waals surface area contributed by atoms with Crippen LogP contribution >= 0.6 is 24.0 Å². The van der Waals surface area contributed by atoms with Crippen molar-refractivity contribution in [2.45, 2.75) is 19.6 Å². The number of nitrogens with zero attached hydrogens (tertiary/aromatic N) is 3. The van der Waals surface area contributed by atoms with Crippen molar-refractivity contribution in [3.05, 3.63) is 59.2 Å². The highest BCUT2D eigenvalue weighted by molar-refractivity contribution is 14.0. The van der Waals surface area contributed by atoms with Crippen molar-refractivity contribution in [1.29, 1.82) is 0 Å². The van der Waals surface area contributed by atoms with E-state index in [2.05, 4.69) is 44.4 Å². The second kappa shape index (κ2) is 13.5. The number of ether oxygens (including phenoxy) is 3. The van der Waals surface area contributed by atoms with Crippen LogP contribution in [0.25, 0.3) is 0 Å². The van der Waals surface area contributed by atoms with Crippen LogP contribution in [0.4, 0.5) is 0 Å². The van der Waals surface area contributed by atoms with Gasteiger partial charge in [-0.2, -0.15) is 0 Å². The molecule has 32 heavy (non-hydrogen) atoms. The Morgan fingerprint density at radius 2 is 1.78 bits per heavy atom. The van der Waals surface area contributed by atoms with E-state index in [0.717, 1.165) is 62.4 Å². The standard InChI is InChI=1S/C24H34N4O3.HI/c1-25-24(27(2)17-21-9-10-22(29-3)15-23(21)30-4)26-16-19-7-5-6-8-20(19)18-28-11-13-31-14-12-28;/h5-10,15H,11-14,16-18H2,1-4H3,(H,25,26);1H. The molecule has 3 rings (SSSR count). The van der Waals surface area contributed by atoms with Crippen LogP contribution in [-0.2, 0) is 24.4 Å². The molecule has 1 N–H and O–H groups in total. The summed E-state index contributed by atoms with van der Waals surface area (Å²) in [4.78, 5) is 9.01. The van der Waals surface area contributed by atoms with Gasteiger partial charge in [-0.25, -0.2) is 0 Å². The number of benzene rings is 2. The minimum absolute atomic E-state index is 0. The Morgan fingerprint density at radius 3 is 2.44 bits per heavy atom. The van der Waals surface area contributed by atoms with Gasteiger partial charge in [0.2, 0.25) is 0 Å². The van der Waals surface area contributed by atoms with Crippen LogP contribution in [0.5, 0.6) is 11.5 Å². The van der Waals surface area contributed by atoms with Gasteiger partial charge in [-0.1, -0.05) is 24.3 Å². The van der Waals surface area contributed by atoms with Crippen LogP contribution in [0, 0.1) is 0 Å². The second-order valence-corrected chi connectivity index (χ2v) is 7.59. The summed E-state index contributed by atoms with van der Waals surface area (Å²) in [5, 5.41) is 3.51. The molecule has 0 aromatic heterocycles. The Kier molecular flexibility index (Phi) is 11.1. The molecule has 2 aromatic rings. The van der Waals surface area contributed by atoms with E-state index in [0.29, 0.717) is 6.54 Å². The van der Waals surface area contributed by atoms with Crippen molar-refractivity contribution in [2.75, 3.05) is 54.6 Å². The van der Waals surface area contributed by atoms with Gasteiger partial charge < -0.3 is 24.4 Å². The largest absolute Gasteiger partial charge is 0.497 e. The minimum atomic E-state index is 0. The number of guanidine groups is 1. The van der Waals surface area contributed by atoms with Gasteiger partial charge in [0.1, 0.15) is 11.5 Å². The zero-order chi connectivity index (χ0) is 22.1. The third kappa shape index (κ3) is 7.25. The van der Waals surface area contributed by atoms with Crippen molar-refractivity contribution >= 4 is 29.9 Å². The molecular formula is C24H35IN4O3. The molecule has 1 heterocycles. The lowest BCUT2D eigenvalue weighted by Gasteiger charge is -2.28. The van der Waals surface area contributed by atoms with Crippen LogP contribution in [0.15, 0.2) is 47.5 Å². The summed E-state index contributed by atoms with van der Waals surface area (Å²) in [6.07, 6.45) is 0. The van der Waals surface area contributed by atoms with Gasteiger partial charge in [-0.15, -0.1) is 24.0 Å². The highest BCUT2D eigenvalue weighted by Gasteiger charge is 2.14. The zero-order valence-corrected chi connectivity index (χ0v) is 21.8. The zero-order valence-electron chi connectivity index (χ0n) is 19.5. The Labute approximate surface area is 208 Å². The number of morpholine rings is 1. The summed E-state index contributed by atoms with van der Waals surface area (Å²) in [6.45, 7) is 5.92. The molecule has 1 aliphatic heterocycles. The normalized spacial score (nSPS) is 14.4. The van der Waals surface area contributed by atoms with Crippen molar-refractivity contribution in [3.63, 3.8) is 0 Å². The fraction of sp³-hybridized carbons (Fsp3) is 0.458. The molecule has 1 aliphatic rings. The molecule has 0 atom stereocenters. The highest BCUT2D eigenvalue weighted by atomic mass is 127. The minimum Gasteiger partial charge on any atom is -0.497 e. The summed E-state index contributed by atoms with van der Waals surface area (Å²) < 4.78 is 16.3. The van der Waals surface area contributed by atoms with Crippen LogP contribution in [0.3, 0.4) is 0 Å². The topological polar surface area (TPSA) is 58.6 Å². The Balaban J connectivity index is 0.00000363. The molecule has 8 heteroatoms. The predicted molar refractivity (Wildman–Crippen MR) is 139 cm³/mol. The number of nitrogens with one attached hydrogen (secondary N) is 1. The van der Waals surface area contributed by atoms with Crippen LogP contribution < -0.4 is 14.8 Å².